The van der Waals surface area contributed by atoms with E-state index in [1.807, 2.05) is 0 Å². The first-order valence-corrected chi connectivity index (χ1v) is 7.70. The average molecular weight is 269 g/mol. The van der Waals surface area contributed by atoms with Crippen LogP contribution in [-0.4, -0.2) is 13.7 Å². The Balaban J connectivity index is 2.54. The molecule has 0 saturated carbocycles. The maximum absolute atomic E-state index is 5.26. The van der Waals surface area contributed by atoms with Crippen molar-refractivity contribution in [2.24, 2.45) is 5.41 Å². The number of thiophene rings is 1. The third-order valence-electron chi connectivity index (χ3n) is 3.04. The lowest BCUT2D eigenvalue weighted by molar-refractivity contribution is 0.345. The summed E-state index contributed by atoms with van der Waals surface area (Å²) < 4.78 is 5.26. The molecule has 1 aromatic heterocycles. The minimum Gasteiger partial charge on any atom is -0.496 e. The van der Waals surface area contributed by atoms with E-state index in [9.17, 15) is 0 Å². The first kappa shape index (κ1) is 15.5. The Morgan fingerprint density at radius 3 is 2.61 bits per heavy atom. The summed E-state index contributed by atoms with van der Waals surface area (Å²) in [5.74, 6) is 0.980. The van der Waals surface area contributed by atoms with Crippen molar-refractivity contribution in [3.63, 3.8) is 0 Å². The van der Waals surface area contributed by atoms with Gasteiger partial charge in [0.15, 0.2) is 0 Å². The van der Waals surface area contributed by atoms with Gasteiger partial charge in [-0.3, -0.25) is 0 Å². The summed E-state index contributed by atoms with van der Waals surface area (Å²) in [5, 5.41) is 5.66. The molecule has 0 saturated heterocycles. The fourth-order valence-electron chi connectivity index (χ4n) is 2.05. The van der Waals surface area contributed by atoms with E-state index in [-0.39, 0.29) is 0 Å². The zero-order valence-electron chi connectivity index (χ0n) is 12.4. The molecular formula is C15H27NOS. The van der Waals surface area contributed by atoms with Gasteiger partial charge in [0.2, 0.25) is 0 Å². The van der Waals surface area contributed by atoms with E-state index in [1.54, 1.807) is 18.4 Å². The Labute approximate surface area is 116 Å². The van der Waals surface area contributed by atoms with Crippen LogP contribution in [0, 0.1) is 5.41 Å². The molecule has 3 heteroatoms. The molecule has 1 aromatic rings. The van der Waals surface area contributed by atoms with Gasteiger partial charge in [0.25, 0.3) is 0 Å². The lowest BCUT2D eigenvalue weighted by Gasteiger charge is -2.21. The molecule has 0 bridgehead atoms. The Morgan fingerprint density at radius 2 is 2.11 bits per heavy atom. The van der Waals surface area contributed by atoms with Crippen LogP contribution in [0.25, 0.3) is 0 Å². The van der Waals surface area contributed by atoms with Gasteiger partial charge in [-0.25, -0.2) is 0 Å². The SMILES string of the molecule is CCNC(CCCC(C)(C)C)c1cc(OC)cs1. The molecule has 0 amide bonds. The first-order valence-electron chi connectivity index (χ1n) is 6.82. The highest BCUT2D eigenvalue weighted by molar-refractivity contribution is 7.10. The van der Waals surface area contributed by atoms with Gasteiger partial charge in [0, 0.05) is 16.3 Å². The molecule has 0 aromatic carbocycles. The highest BCUT2D eigenvalue weighted by Crippen LogP contribution is 2.31. The maximum atomic E-state index is 5.26. The van der Waals surface area contributed by atoms with Crippen molar-refractivity contribution in [1.29, 1.82) is 0 Å². The normalized spacial score (nSPS) is 13.6. The van der Waals surface area contributed by atoms with Crippen molar-refractivity contribution < 1.29 is 4.74 Å². The molecule has 104 valence electrons. The molecule has 18 heavy (non-hydrogen) atoms. The highest BCUT2D eigenvalue weighted by Gasteiger charge is 2.15. The topological polar surface area (TPSA) is 21.3 Å². The number of hydrogen-bond acceptors (Lipinski definition) is 3. The van der Waals surface area contributed by atoms with E-state index in [0.29, 0.717) is 11.5 Å². The molecule has 1 unspecified atom stereocenters. The second-order valence-electron chi connectivity index (χ2n) is 5.95. The summed E-state index contributed by atoms with van der Waals surface area (Å²) in [6.45, 7) is 10.1. The van der Waals surface area contributed by atoms with Gasteiger partial charge in [-0.1, -0.05) is 34.1 Å². The summed E-state index contributed by atoms with van der Waals surface area (Å²) in [7, 11) is 1.73. The van der Waals surface area contributed by atoms with Crippen LogP contribution in [0.1, 0.15) is 57.9 Å². The molecule has 2 nitrogen and oxygen atoms in total. The maximum Gasteiger partial charge on any atom is 0.129 e. The van der Waals surface area contributed by atoms with E-state index in [4.69, 9.17) is 4.74 Å². The number of rotatable bonds is 7. The predicted octanol–water partition coefficient (Wildman–Crippen LogP) is 4.62. The minimum absolute atomic E-state index is 0.434. The molecule has 0 spiro atoms. The van der Waals surface area contributed by atoms with E-state index in [0.717, 1.165) is 12.3 Å². The third kappa shape index (κ3) is 5.40. The van der Waals surface area contributed by atoms with Crippen molar-refractivity contribution in [2.45, 2.75) is 53.0 Å². The van der Waals surface area contributed by atoms with Crippen LogP contribution in [0.5, 0.6) is 5.75 Å². The van der Waals surface area contributed by atoms with E-state index in [2.05, 4.69) is 44.5 Å². The molecular weight excluding hydrogens is 242 g/mol. The van der Waals surface area contributed by atoms with E-state index < -0.39 is 0 Å². The Hall–Kier alpha value is -0.540. The molecule has 1 atom stereocenters. The lowest BCUT2D eigenvalue weighted by atomic mass is 9.89. The van der Waals surface area contributed by atoms with Gasteiger partial charge in [-0.15, -0.1) is 11.3 Å². The Morgan fingerprint density at radius 1 is 1.39 bits per heavy atom. The van der Waals surface area contributed by atoms with E-state index in [1.165, 1.54) is 24.1 Å². The number of methoxy groups -OCH3 is 1. The molecule has 0 radical (unpaired) electrons. The molecule has 0 aliphatic carbocycles. The number of ether oxygens (including phenoxy) is 1. The predicted molar refractivity (Wildman–Crippen MR) is 80.6 cm³/mol. The Kier molecular flexibility index (Phi) is 6.16. The first-order chi connectivity index (χ1) is 8.46. The fourth-order valence-corrected chi connectivity index (χ4v) is 3.02. The second-order valence-corrected chi connectivity index (χ2v) is 6.89. The minimum atomic E-state index is 0.434. The van der Waals surface area contributed by atoms with Crippen molar-refractivity contribution in [1.82, 2.24) is 5.32 Å². The zero-order valence-corrected chi connectivity index (χ0v) is 13.2. The van der Waals surface area contributed by atoms with Crippen molar-refractivity contribution in [3.05, 3.63) is 16.3 Å². The van der Waals surface area contributed by atoms with Crippen molar-refractivity contribution in [3.8, 4) is 5.75 Å². The second kappa shape index (κ2) is 7.15. The van der Waals surface area contributed by atoms with Gasteiger partial charge in [-0.2, -0.15) is 0 Å². The fraction of sp³-hybridized carbons (Fsp3) is 0.733. The van der Waals surface area contributed by atoms with E-state index >= 15 is 0 Å². The van der Waals surface area contributed by atoms with Crippen LogP contribution in [0.15, 0.2) is 11.4 Å². The molecule has 1 rings (SSSR count). The zero-order chi connectivity index (χ0) is 13.6. The summed E-state index contributed by atoms with van der Waals surface area (Å²) in [6, 6.07) is 2.64. The van der Waals surface area contributed by atoms with Gasteiger partial charge in [-0.05, 0) is 30.9 Å². The van der Waals surface area contributed by atoms with Gasteiger partial charge in [0.1, 0.15) is 5.75 Å². The van der Waals surface area contributed by atoms with Crippen molar-refractivity contribution in [2.75, 3.05) is 13.7 Å². The standard InChI is InChI=1S/C15H27NOS/c1-6-16-13(8-7-9-15(2,3)4)14-10-12(17-5)11-18-14/h10-11,13,16H,6-9H2,1-5H3. The van der Waals surface area contributed by atoms with Crippen LogP contribution in [0.3, 0.4) is 0 Å². The number of hydrogen-bond donors (Lipinski definition) is 1. The van der Waals surface area contributed by atoms with Crippen LogP contribution < -0.4 is 10.1 Å². The van der Waals surface area contributed by atoms with Crippen molar-refractivity contribution >= 4 is 11.3 Å². The molecule has 1 N–H and O–H groups in total. The summed E-state index contributed by atoms with van der Waals surface area (Å²) in [5.41, 5.74) is 0.434. The monoisotopic (exact) mass is 269 g/mol. The molecule has 1 heterocycles. The molecule has 0 aliphatic heterocycles. The van der Waals surface area contributed by atoms with Gasteiger partial charge < -0.3 is 10.1 Å². The molecule has 0 aliphatic rings. The Bertz CT molecular complexity index is 341. The van der Waals surface area contributed by atoms with Crippen LogP contribution >= 0.6 is 11.3 Å². The summed E-state index contributed by atoms with van der Waals surface area (Å²) in [4.78, 5) is 1.39. The summed E-state index contributed by atoms with van der Waals surface area (Å²) >= 11 is 1.79. The number of nitrogens with one attached hydrogen (secondary N) is 1. The largest absolute Gasteiger partial charge is 0.496 e. The third-order valence-corrected chi connectivity index (χ3v) is 4.07. The molecule has 0 fully saturated rings. The van der Waals surface area contributed by atoms with Gasteiger partial charge in [0.05, 0.1) is 7.11 Å². The smallest absolute Gasteiger partial charge is 0.129 e. The van der Waals surface area contributed by atoms with Crippen LogP contribution in [0.2, 0.25) is 0 Å². The van der Waals surface area contributed by atoms with Crippen LogP contribution in [0.4, 0.5) is 0 Å². The van der Waals surface area contributed by atoms with Crippen LogP contribution in [-0.2, 0) is 0 Å². The lowest BCUT2D eigenvalue weighted by Crippen LogP contribution is -2.20. The quantitative estimate of drug-likeness (QED) is 0.779. The van der Waals surface area contributed by atoms with Gasteiger partial charge >= 0.3 is 0 Å². The summed E-state index contributed by atoms with van der Waals surface area (Å²) in [6.07, 6.45) is 3.74. The highest BCUT2D eigenvalue weighted by atomic mass is 32.1. The average Bonchev–Trinajstić information content (AvgIpc) is 2.74.